The molecule has 2 aromatic rings. The molecule has 3 N–H and O–H groups in total. The van der Waals surface area contributed by atoms with Gasteiger partial charge in [0, 0.05) is 23.7 Å². The summed E-state index contributed by atoms with van der Waals surface area (Å²) in [7, 11) is 0. The molecule has 0 bridgehead atoms. The summed E-state index contributed by atoms with van der Waals surface area (Å²) >= 11 is 5.75. The SMILES string of the molecule is CCCCCCN1NC(N=C(NC(=O)c2ccc(Cl)c(F)c2)NC2CCCC2)c2ccc(C(F)(F)F)cc21. The molecule has 0 saturated heterocycles. The van der Waals surface area contributed by atoms with Gasteiger partial charge < -0.3 is 10.3 Å². The van der Waals surface area contributed by atoms with Crippen LogP contribution >= 0.6 is 11.6 Å². The van der Waals surface area contributed by atoms with Gasteiger partial charge in [0.05, 0.1) is 16.3 Å². The molecular weight excluding hydrogens is 522 g/mol. The maximum absolute atomic E-state index is 14.0. The molecule has 2 aliphatic rings. The number of nitrogens with zero attached hydrogens (tertiary/aromatic N) is 2. The van der Waals surface area contributed by atoms with Gasteiger partial charge in [-0.15, -0.1) is 0 Å². The Morgan fingerprint density at radius 3 is 2.58 bits per heavy atom. The smallest absolute Gasteiger partial charge is 0.353 e. The van der Waals surface area contributed by atoms with Gasteiger partial charge >= 0.3 is 6.18 Å². The fraction of sp³-hybridized carbons (Fsp3) is 0.481. The van der Waals surface area contributed by atoms with Crippen molar-refractivity contribution in [1.29, 1.82) is 0 Å². The Morgan fingerprint density at radius 1 is 1.13 bits per heavy atom. The fourth-order valence-corrected chi connectivity index (χ4v) is 4.88. The second kappa shape index (κ2) is 12.3. The van der Waals surface area contributed by atoms with E-state index in [2.05, 4.69) is 23.0 Å². The molecule has 1 aliphatic carbocycles. The van der Waals surface area contributed by atoms with E-state index in [1.54, 1.807) is 5.01 Å². The number of nitrogens with one attached hydrogen (secondary N) is 3. The minimum Gasteiger partial charge on any atom is -0.353 e. The Hall–Kier alpha value is -2.85. The molecule has 0 radical (unpaired) electrons. The first-order chi connectivity index (χ1) is 18.2. The third kappa shape index (κ3) is 6.96. The third-order valence-electron chi connectivity index (χ3n) is 6.82. The Balaban J connectivity index is 1.62. The van der Waals surface area contributed by atoms with Crippen LogP contribution in [0, 0.1) is 5.82 Å². The van der Waals surface area contributed by atoms with Crippen LogP contribution in [0.2, 0.25) is 5.02 Å². The molecule has 11 heteroatoms. The lowest BCUT2D eigenvalue weighted by molar-refractivity contribution is -0.137. The topological polar surface area (TPSA) is 68.8 Å². The van der Waals surface area contributed by atoms with E-state index in [1.165, 1.54) is 18.2 Å². The molecule has 1 atom stereocenters. The maximum atomic E-state index is 14.0. The van der Waals surface area contributed by atoms with E-state index in [4.69, 9.17) is 16.6 Å². The van der Waals surface area contributed by atoms with Crippen LogP contribution in [0.5, 0.6) is 0 Å². The number of fused-ring (bicyclic) bond motifs is 1. The summed E-state index contributed by atoms with van der Waals surface area (Å²) in [5.41, 5.74) is 3.53. The van der Waals surface area contributed by atoms with Crippen molar-refractivity contribution < 1.29 is 22.4 Å². The number of hydrogen-bond donors (Lipinski definition) is 3. The number of carbonyl (C=O) groups is 1. The predicted molar refractivity (Wildman–Crippen MR) is 141 cm³/mol. The summed E-state index contributed by atoms with van der Waals surface area (Å²) in [6.45, 7) is 2.61. The number of rotatable bonds is 8. The molecule has 206 valence electrons. The van der Waals surface area contributed by atoms with Gasteiger partial charge in [-0.1, -0.05) is 56.7 Å². The summed E-state index contributed by atoms with van der Waals surface area (Å²) in [5, 5.41) is 7.61. The molecule has 1 unspecified atom stereocenters. The number of aliphatic imine (C=N–C) groups is 1. The molecule has 0 aromatic heterocycles. The standard InChI is InChI=1S/C27H32ClF4N5O/c1-2-3-4-7-14-37-23-16-18(27(30,31)32)11-12-20(23)24(36-37)34-26(33-19-8-5-6-9-19)35-25(38)17-10-13-21(28)22(29)15-17/h10-13,15-16,19,24,36H,2-9,14H2,1H3,(H2,33,34,35,38). The Labute approximate surface area is 224 Å². The average molecular weight is 554 g/mol. The van der Waals surface area contributed by atoms with Crippen molar-refractivity contribution in [3.05, 3.63) is 63.9 Å². The highest BCUT2D eigenvalue weighted by atomic mass is 35.5. The molecule has 38 heavy (non-hydrogen) atoms. The Kier molecular flexibility index (Phi) is 9.15. The van der Waals surface area contributed by atoms with Crippen LogP contribution in [-0.4, -0.2) is 24.5 Å². The van der Waals surface area contributed by atoms with Gasteiger partial charge in [-0.3, -0.25) is 10.1 Å². The number of halogens is 5. The fourth-order valence-electron chi connectivity index (χ4n) is 4.77. The number of amides is 1. The van der Waals surface area contributed by atoms with Crippen LogP contribution in [0.3, 0.4) is 0 Å². The van der Waals surface area contributed by atoms with E-state index < -0.39 is 29.6 Å². The molecule has 2 aromatic carbocycles. The number of guanidine groups is 1. The number of carbonyl (C=O) groups excluding carboxylic acids is 1. The zero-order valence-corrected chi connectivity index (χ0v) is 21.9. The first-order valence-electron chi connectivity index (χ1n) is 13.0. The third-order valence-corrected chi connectivity index (χ3v) is 7.13. The number of benzene rings is 2. The van der Waals surface area contributed by atoms with Crippen LogP contribution in [0.1, 0.15) is 85.9 Å². The molecule has 1 saturated carbocycles. The molecule has 1 fully saturated rings. The molecule has 6 nitrogen and oxygen atoms in total. The quantitative estimate of drug-likeness (QED) is 0.147. The minimum absolute atomic E-state index is 0.0694. The van der Waals surface area contributed by atoms with Crippen molar-refractivity contribution in [1.82, 2.24) is 16.1 Å². The number of hydrogen-bond acceptors (Lipinski definition) is 4. The molecular formula is C27H32ClF4N5O. The van der Waals surface area contributed by atoms with Crippen LogP contribution < -0.4 is 21.1 Å². The monoisotopic (exact) mass is 553 g/mol. The van der Waals surface area contributed by atoms with Gasteiger partial charge in [0.15, 0.2) is 0 Å². The van der Waals surface area contributed by atoms with Gasteiger partial charge in [-0.2, -0.15) is 13.2 Å². The number of hydrazine groups is 1. The lowest BCUT2D eigenvalue weighted by atomic mass is 10.1. The van der Waals surface area contributed by atoms with Gasteiger partial charge in [-0.25, -0.2) is 14.8 Å². The second-order valence-corrected chi connectivity index (χ2v) is 10.1. The van der Waals surface area contributed by atoms with E-state index in [9.17, 15) is 22.4 Å². The summed E-state index contributed by atoms with van der Waals surface area (Å²) in [5.74, 6) is -1.12. The number of unbranched alkanes of at least 4 members (excludes halogenated alkanes) is 3. The first kappa shape index (κ1) is 28.2. The van der Waals surface area contributed by atoms with Crippen molar-refractivity contribution >= 4 is 29.2 Å². The van der Waals surface area contributed by atoms with E-state index in [0.29, 0.717) is 17.8 Å². The van der Waals surface area contributed by atoms with E-state index >= 15 is 0 Å². The summed E-state index contributed by atoms with van der Waals surface area (Å²) < 4.78 is 54.4. The van der Waals surface area contributed by atoms with Crippen LogP contribution in [-0.2, 0) is 6.18 Å². The largest absolute Gasteiger partial charge is 0.416 e. The highest BCUT2D eigenvalue weighted by Gasteiger charge is 2.35. The van der Waals surface area contributed by atoms with Crippen LogP contribution in [0.25, 0.3) is 0 Å². The Bertz CT molecular complexity index is 1170. The van der Waals surface area contributed by atoms with Crippen molar-refractivity contribution in [2.75, 3.05) is 11.6 Å². The van der Waals surface area contributed by atoms with Crippen LogP contribution in [0.15, 0.2) is 41.4 Å². The Morgan fingerprint density at radius 2 is 1.89 bits per heavy atom. The van der Waals surface area contributed by atoms with Crippen molar-refractivity contribution in [3.8, 4) is 0 Å². The lowest BCUT2D eigenvalue weighted by Gasteiger charge is -2.21. The van der Waals surface area contributed by atoms with Gasteiger partial charge in [0.2, 0.25) is 5.96 Å². The molecule has 0 spiro atoms. The van der Waals surface area contributed by atoms with Crippen molar-refractivity contribution in [2.24, 2.45) is 4.99 Å². The highest BCUT2D eigenvalue weighted by molar-refractivity contribution is 6.30. The highest BCUT2D eigenvalue weighted by Crippen LogP contribution is 2.39. The number of alkyl halides is 3. The summed E-state index contributed by atoms with van der Waals surface area (Å²) in [6.07, 6.45) is 2.54. The number of anilines is 1. The average Bonchev–Trinajstić information content (AvgIpc) is 3.50. The zero-order valence-electron chi connectivity index (χ0n) is 21.2. The molecule has 1 heterocycles. The normalized spacial score (nSPS) is 18.1. The minimum atomic E-state index is -4.47. The summed E-state index contributed by atoms with van der Waals surface area (Å²) in [4.78, 5) is 17.6. The maximum Gasteiger partial charge on any atom is 0.416 e. The molecule has 4 rings (SSSR count). The summed E-state index contributed by atoms with van der Waals surface area (Å²) in [6, 6.07) is 7.46. The first-order valence-corrected chi connectivity index (χ1v) is 13.4. The van der Waals surface area contributed by atoms with E-state index in [0.717, 1.165) is 69.6 Å². The van der Waals surface area contributed by atoms with Crippen LogP contribution in [0.4, 0.5) is 23.2 Å². The molecule has 1 aliphatic heterocycles. The van der Waals surface area contributed by atoms with Gasteiger partial charge in [-0.05, 0) is 49.6 Å². The van der Waals surface area contributed by atoms with Gasteiger partial charge in [0.25, 0.3) is 5.91 Å². The zero-order chi connectivity index (χ0) is 27.3. The van der Waals surface area contributed by atoms with Crippen molar-refractivity contribution in [3.63, 3.8) is 0 Å². The predicted octanol–water partition coefficient (Wildman–Crippen LogP) is 6.72. The van der Waals surface area contributed by atoms with Gasteiger partial charge in [0.1, 0.15) is 12.0 Å². The second-order valence-electron chi connectivity index (χ2n) is 9.70. The van der Waals surface area contributed by atoms with Crippen molar-refractivity contribution in [2.45, 2.75) is 76.7 Å². The lowest BCUT2D eigenvalue weighted by Crippen LogP contribution is -2.46. The van der Waals surface area contributed by atoms with E-state index in [1.807, 2.05) is 0 Å². The molecule has 1 amide bonds. The van der Waals surface area contributed by atoms with E-state index in [-0.39, 0.29) is 22.6 Å².